The molecule has 6 heteroatoms. The minimum atomic E-state index is -1.23. The van der Waals surface area contributed by atoms with E-state index in [4.69, 9.17) is 4.74 Å². The van der Waals surface area contributed by atoms with Gasteiger partial charge in [0.2, 0.25) is 6.10 Å². The molecule has 116 valence electrons. The molecule has 0 saturated carbocycles. The fourth-order valence-corrected chi connectivity index (χ4v) is 1.63. The molecular formula is C14H24O6. The summed E-state index contributed by atoms with van der Waals surface area (Å²) >= 11 is 0. The van der Waals surface area contributed by atoms with Crippen LogP contribution in [0, 0.1) is 0 Å². The van der Waals surface area contributed by atoms with Crippen molar-refractivity contribution in [2.45, 2.75) is 58.0 Å². The smallest absolute Gasteiger partial charge is 0.347 e. The van der Waals surface area contributed by atoms with Gasteiger partial charge >= 0.3 is 17.9 Å². The highest BCUT2D eigenvalue weighted by atomic mass is 16.6. The summed E-state index contributed by atoms with van der Waals surface area (Å²) in [5.41, 5.74) is 0. The van der Waals surface area contributed by atoms with Crippen LogP contribution in [0.2, 0.25) is 0 Å². The molecule has 0 aliphatic rings. The molecule has 0 spiro atoms. The molecule has 0 fully saturated rings. The number of ether oxygens (including phenoxy) is 3. The Morgan fingerprint density at radius 2 is 1.55 bits per heavy atom. The van der Waals surface area contributed by atoms with Gasteiger partial charge in [-0.1, -0.05) is 32.6 Å². The average molecular weight is 288 g/mol. The molecule has 0 heterocycles. The van der Waals surface area contributed by atoms with Gasteiger partial charge in [-0.3, -0.25) is 9.59 Å². The van der Waals surface area contributed by atoms with Crippen molar-refractivity contribution < 1.29 is 28.6 Å². The van der Waals surface area contributed by atoms with Crippen molar-refractivity contribution in [1.82, 2.24) is 0 Å². The van der Waals surface area contributed by atoms with Crippen molar-refractivity contribution in [3.05, 3.63) is 0 Å². The van der Waals surface area contributed by atoms with Crippen molar-refractivity contribution in [3.8, 4) is 0 Å². The molecule has 0 aromatic heterocycles. The van der Waals surface area contributed by atoms with Gasteiger partial charge in [-0.25, -0.2) is 4.79 Å². The molecule has 1 atom stereocenters. The molecule has 0 bridgehead atoms. The summed E-state index contributed by atoms with van der Waals surface area (Å²) in [5, 5.41) is 0. The van der Waals surface area contributed by atoms with Gasteiger partial charge in [0, 0.05) is 6.42 Å². The van der Waals surface area contributed by atoms with Crippen LogP contribution in [0.15, 0.2) is 0 Å². The summed E-state index contributed by atoms with van der Waals surface area (Å²) in [5.74, 6) is -1.88. The van der Waals surface area contributed by atoms with E-state index < -0.39 is 24.0 Å². The Morgan fingerprint density at radius 1 is 0.900 bits per heavy atom. The third-order valence-electron chi connectivity index (χ3n) is 2.80. The largest absolute Gasteiger partial charge is 0.469 e. The van der Waals surface area contributed by atoms with Crippen molar-refractivity contribution >= 4 is 17.9 Å². The summed E-state index contributed by atoms with van der Waals surface area (Å²) < 4.78 is 13.9. The maximum Gasteiger partial charge on any atom is 0.347 e. The lowest BCUT2D eigenvalue weighted by Gasteiger charge is -2.14. The quantitative estimate of drug-likeness (QED) is 0.347. The number of carbonyl (C=O) groups is 3. The van der Waals surface area contributed by atoms with E-state index in [1.54, 1.807) is 0 Å². The number of hydrogen-bond acceptors (Lipinski definition) is 6. The number of hydrogen-bond donors (Lipinski definition) is 0. The average Bonchev–Trinajstić information content (AvgIpc) is 2.45. The minimum absolute atomic E-state index is 0.235. The van der Waals surface area contributed by atoms with E-state index in [-0.39, 0.29) is 12.8 Å². The number of methoxy groups -OCH3 is 2. The van der Waals surface area contributed by atoms with Gasteiger partial charge < -0.3 is 14.2 Å². The Balaban J connectivity index is 4.12. The summed E-state index contributed by atoms with van der Waals surface area (Å²) in [6, 6.07) is 0. The maximum atomic E-state index is 11.6. The fraction of sp³-hybridized carbons (Fsp3) is 0.786. The summed E-state index contributed by atoms with van der Waals surface area (Å²) in [4.78, 5) is 34.1. The van der Waals surface area contributed by atoms with Crippen molar-refractivity contribution in [3.63, 3.8) is 0 Å². The lowest BCUT2D eigenvalue weighted by atomic mass is 10.1. The standard InChI is InChI=1S/C14H24O6/c1-4-5-6-7-8-9-12(15)20-11(14(17)19-3)10-13(16)18-2/h11H,4-10H2,1-3H3/t11-/m1/s1. The Hall–Kier alpha value is -1.59. The molecule has 0 radical (unpaired) electrons. The fourth-order valence-electron chi connectivity index (χ4n) is 1.63. The van der Waals surface area contributed by atoms with Crippen LogP contribution >= 0.6 is 0 Å². The lowest BCUT2D eigenvalue weighted by Crippen LogP contribution is -2.31. The first-order valence-electron chi connectivity index (χ1n) is 6.89. The van der Waals surface area contributed by atoms with Crippen LogP contribution in [0.3, 0.4) is 0 Å². The Bertz CT molecular complexity index is 313. The van der Waals surface area contributed by atoms with Crippen LogP contribution in [0.5, 0.6) is 0 Å². The highest BCUT2D eigenvalue weighted by Gasteiger charge is 2.27. The van der Waals surface area contributed by atoms with Crippen LogP contribution < -0.4 is 0 Å². The summed E-state index contributed by atoms with van der Waals surface area (Å²) in [7, 11) is 2.37. The number of rotatable bonds is 10. The van der Waals surface area contributed by atoms with E-state index in [0.717, 1.165) is 25.7 Å². The van der Waals surface area contributed by atoms with Gasteiger partial charge in [-0.2, -0.15) is 0 Å². The number of esters is 3. The van der Waals surface area contributed by atoms with Crippen LogP contribution in [-0.2, 0) is 28.6 Å². The second-order valence-corrected chi connectivity index (χ2v) is 4.45. The predicted octanol–water partition coefficient (Wildman–Crippen LogP) is 1.99. The number of unbranched alkanes of at least 4 members (excludes halogenated alkanes) is 4. The molecule has 0 aliphatic carbocycles. The third kappa shape index (κ3) is 8.50. The van der Waals surface area contributed by atoms with Crippen LogP contribution in [-0.4, -0.2) is 38.2 Å². The molecule has 0 aliphatic heterocycles. The molecule has 0 unspecified atom stereocenters. The van der Waals surface area contributed by atoms with E-state index in [9.17, 15) is 14.4 Å². The first-order chi connectivity index (χ1) is 9.54. The van der Waals surface area contributed by atoms with Crippen molar-refractivity contribution in [2.75, 3.05) is 14.2 Å². The second kappa shape index (κ2) is 11.3. The number of carbonyl (C=O) groups excluding carboxylic acids is 3. The van der Waals surface area contributed by atoms with Gasteiger partial charge in [0.25, 0.3) is 0 Å². The van der Waals surface area contributed by atoms with Crippen LogP contribution in [0.1, 0.15) is 51.9 Å². The third-order valence-corrected chi connectivity index (χ3v) is 2.80. The van der Waals surface area contributed by atoms with E-state index in [1.165, 1.54) is 14.2 Å². The molecule has 0 aromatic carbocycles. The highest BCUT2D eigenvalue weighted by Crippen LogP contribution is 2.09. The Kier molecular flexibility index (Phi) is 10.4. The summed E-state index contributed by atoms with van der Waals surface area (Å²) in [6.07, 6.45) is 3.69. The monoisotopic (exact) mass is 288 g/mol. The van der Waals surface area contributed by atoms with E-state index in [2.05, 4.69) is 16.4 Å². The summed E-state index contributed by atoms with van der Waals surface area (Å²) in [6.45, 7) is 2.11. The SMILES string of the molecule is CCCCCCCC(=O)O[C@H](CC(=O)OC)C(=O)OC. The molecule has 0 rings (SSSR count). The van der Waals surface area contributed by atoms with Crippen LogP contribution in [0.25, 0.3) is 0 Å². The normalized spacial score (nSPS) is 11.6. The molecule has 0 amide bonds. The zero-order valence-corrected chi connectivity index (χ0v) is 12.5. The predicted molar refractivity (Wildman–Crippen MR) is 71.9 cm³/mol. The molecule has 6 nitrogen and oxygen atoms in total. The van der Waals surface area contributed by atoms with Gasteiger partial charge in [0.15, 0.2) is 0 Å². The first kappa shape index (κ1) is 18.4. The highest BCUT2D eigenvalue weighted by molar-refractivity contribution is 5.84. The zero-order chi connectivity index (χ0) is 15.4. The van der Waals surface area contributed by atoms with E-state index >= 15 is 0 Å². The van der Waals surface area contributed by atoms with Gasteiger partial charge in [0.1, 0.15) is 0 Å². The van der Waals surface area contributed by atoms with E-state index in [1.807, 2.05) is 0 Å². The molecule has 20 heavy (non-hydrogen) atoms. The topological polar surface area (TPSA) is 78.9 Å². The second-order valence-electron chi connectivity index (χ2n) is 4.45. The van der Waals surface area contributed by atoms with Crippen molar-refractivity contribution in [1.29, 1.82) is 0 Å². The molecule has 0 saturated heterocycles. The lowest BCUT2D eigenvalue weighted by molar-refractivity contribution is -0.169. The molecule has 0 aromatic rings. The molecular weight excluding hydrogens is 264 g/mol. The maximum absolute atomic E-state index is 11.6. The molecule has 0 N–H and O–H groups in total. The minimum Gasteiger partial charge on any atom is -0.469 e. The van der Waals surface area contributed by atoms with Gasteiger partial charge in [-0.15, -0.1) is 0 Å². The first-order valence-corrected chi connectivity index (χ1v) is 6.89. The van der Waals surface area contributed by atoms with Gasteiger partial charge in [-0.05, 0) is 6.42 Å². The Labute approximate surface area is 119 Å². The zero-order valence-electron chi connectivity index (χ0n) is 12.5. The Morgan fingerprint density at radius 3 is 2.10 bits per heavy atom. The van der Waals surface area contributed by atoms with Crippen molar-refractivity contribution in [2.24, 2.45) is 0 Å². The van der Waals surface area contributed by atoms with E-state index in [0.29, 0.717) is 6.42 Å². The van der Waals surface area contributed by atoms with Gasteiger partial charge in [0.05, 0.1) is 20.6 Å². The van der Waals surface area contributed by atoms with Crippen LogP contribution in [0.4, 0.5) is 0 Å².